The summed E-state index contributed by atoms with van der Waals surface area (Å²) >= 11 is 0. The number of rotatable bonds is 3. The fraction of sp³-hybridized carbons (Fsp3) is 0.429. The minimum Gasteiger partial charge on any atom is -0.325 e. The summed E-state index contributed by atoms with van der Waals surface area (Å²) in [5, 5.41) is 2.89. The predicted molar refractivity (Wildman–Crippen MR) is 83.0 cm³/mol. The number of hydrogen-bond acceptors (Lipinski definition) is 4. The Kier molecular flexibility index (Phi) is 3.88. The summed E-state index contributed by atoms with van der Waals surface area (Å²) < 4.78 is 26.2. The molecule has 7 nitrogen and oxygen atoms in total. The van der Waals surface area contributed by atoms with Gasteiger partial charge < -0.3 is 9.72 Å². The second kappa shape index (κ2) is 5.69. The number of imidazole rings is 1. The van der Waals surface area contributed by atoms with Crippen molar-refractivity contribution in [2.24, 2.45) is 5.92 Å². The average Bonchev–Trinajstić information content (AvgIpc) is 2.94. The Morgan fingerprint density at radius 2 is 2.05 bits per heavy atom. The second-order valence-corrected chi connectivity index (χ2v) is 7.52. The Balaban J connectivity index is 1.63. The molecule has 0 spiro atoms. The molecule has 3 heterocycles. The molecule has 0 unspecified atom stereocenters. The largest absolute Gasteiger partial charge is 0.325 e. The molecule has 1 aliphatic heterocycles. The Hall–Kier alpha value is -1.93. The first-order valence-electron chi connectivity index (χ1n) is 7.12. The van der Waals surface area contributed by atoms with E-state index in [1.54, 1.807) is 6.20 Å². The molecule has 0 atom stereocenters. The molecule has 2 aromatic heterocycles. The van der Waals surface area contributed by atoms with E-state index in [1.165, 1.54) is 10.6 Å². The van der Waals surface area contributed by atoms with Gasteiger partial charge in [0.2, 0.25) is 15.9 Å². The number of anilines is 1. The molecule has 0 saturated carbocycles. The molecule has 2 aromatic rings. The number of carbonyl (C=O) groups is 1. The van der Waals surface area contributed by atoms with Gasteiger partial charge in [0.25, 0.3) is 0 Å². The van der Waals surface area contributed by atoms with Crippen LogP contribution < -0.4 is 5.32 Å². The van der Waals surface area contributed by atoms with Crippen LogP contribution in [0.5, 0.6) is 0 Å². The van der Waals surface area contributed by atoms with Crippen LogP contribution in [-0.4, -0.2) is 47.4 Å². The lowest BCUT2D eigenvalue weighted by Crippen LogP contribution is -2.40. The zero-order valence-electron chi connectivity index (χ0n) is 12.3. The second-order valence-electron chi connectivity index (χ2n) is 5.54. The quantitative estimate of drug-likeness (QED) is 0.912. The van der Waals surface area contributed by atoms with Crippen molar-refractivity contribution < 1.29 is 13.2 Å². The molecule has 0 bridgehead atoms. The van der Waals surface area contributed by atoms with Crippen LogP contribution in [0.15, 0.2) is 30.7 Å². The highest BCUT2D eigenvalue weighted by molar-refractivity contribution is 7.88. The van der Waals surface area contributed by atoms with Crippen molar-refractivity contribution in [1.82, 2.24) is 13.7 Å². The minimum absolute atomic E-state index is 0.0624. The number of hydrogen-bond donors (Lipinski definition) is 1. The standard InChI is InChI=1S/C14H18N4O3S/c1-22(20,21)18-7-4-11(5-8-18)14(19)16-12-2-3-13-15-6-9-17(13)10-12/h2-3,6,9-11H,4-5,7-8H2,1H3,(H,16,19). The van der Waals surface area contributed by atoms with Crippen molar-refractivity contribution in [2.75, 3.05) is 24.7 Å². The van der Waals surface area contributed by atoms with Crippen LogP contribution in [0.1, 0.15) is 12.8 Å². The van der Waals surface area contributed by atoms with Crippen LogP contribution in [0.25, 0.3) is 5.65 Å². The van der Waals surface area contributed by atoms with Crippen LogP contribution >= 0.6 is 0 Å². The van der Waals surface area contributed by atoms with Crippen molar-refractivity contribution in [3.05, 3.63) is 30.7 Å². The van der Waals surface area contributed by atoms with E-state index < -0.39 is 10.0 Å². The van der Waals surface area contributed by atoms with E-state index in [-0.39, 0.29) is 11.8 Å². The highest BCUT2D eigenvalue weighted by Crippen LogP contribution is 2.21. The number of sulfonamides is 1. The zero-order valence-corrected chi connectivity index (χ0v) is 13.1. The van der Waals surface area contributed by atoms with E-state index in [2.05, 4.69) is 10.3 Å². The van der Waals surface area contributed by atoms with Gasteiger partial charge in [-0.25, -0.2) is 17.7 Å². The molecule has 1 amide bonds. The smallest absolute Gasteiger partial charge is 0.227 e. The lowest BCUT2D eigenvalue weighted by molar-refractivity contribution is -0.120. The van der Waals surface area contributed by atoms with Gasteiger partial charge in [0.1, 0.15) is 5.65 Å². The summed E-state index contributed by atoms with van der Waals surface area (Å²) in [6.45, 7) is 0.801. The van der Waals surface area contributed by atoms with Gasteiger partial charge in [-0.05, 0) is 25.0 Å². The Bertz CT molecular complexity index is 791. The summed E-state index contributed by atoms with van der Waals surface area (Å²) in [5.41, 5.74) is 1.53. The van der Waals surface area contributed by atoms with Gasteiger partial charge in [-0.2, -0.15) is 0 Å². The normalized spacial score (nSPS) is 17.7. The van der Waals surface area contributed by atoms with Gasteiger partial charge in [-0.3, -0.25) is 4.79 Å². The first-order chi connectivity index (χ1) is 10.4. The number of carbonyl (C=O) groups excluding carboxylic acids is 1. The van der Waals surface area contributed by atoms with Gasteiger partial charge in [0, 0.05) is 37.6 Å². The highest BCUT2D eigenvalue weighted by atomic mass is 32.2. The fourth-order valence-electron chi connectivity index (χ4n) is 2.69. The monoisotopic (exact) mass is 322 g/mol. The third-order valence-electron chi connectivity index (χ3n) is 3.95. The lowest BCUT2D eigenvalue weighted by Gasteiger charge is -2.29. The topological polar surface area (TPSA) is 83.8 Å². The van der Waals surface area contributed by atoms with Crippen LogP contribution in [0.2, 0.25) is 0 Å². The fourth-order valence-corrected chi connectivity index (χ4v) is 3.56. The third kappa shape index (κ3) is 3.12. The van der Waals surface area contributed by atoms with E-state index in [0.717, 1.165) is 5.65 Å². The number of nitrogens with zero attached hydrogens (tertiary/aromatic N) is 3. The zero-order chi connectivity index (χ0) is 15.7. The van der Waals surface area contributed by atoms with Crippen LogP contribution in [0, 0.1) is 5.92 Å². The van der Waals surface area contributed by atoms with Gasteiger partial charge >= 0.3 is 0 Å². The summed E-state index contributed by atoms with van der Waals surface area (Å²) in [6, 6.07) is 3.65. The average molecular weight is 322 g/mol. The van der Waals surface area contributed by atoms with E-state index in [1.807, 2.05) is 28.9 Å². The molecule has 3 rings (SSSR count). The molecule has 1 fully saturated rings. The molecule has 118 valence electrons. The van der Waals surface area contributed by atoms with Crippen molar-refractivity contribution in [3.8, 4) is 0 Å². The summed E-state index contributed by atoms with van der Waals surface area (Å²) in [7, 11) is -3.16. The number of nitrogens with one attached hydrogen (secondary N) is 1. The van der Waals surface area contributed by atoms with Crippen molar-refractivity contribution in [3.63, 3.8) is 0 Å². The number of fused-ring (bicyclic) bond motifs is 1. The van der Waals surface area contributed by atoms with E-state index >= 15 is 0 Å². The molecular formula is C14H18N4O3S. The number of piperidine rings is 1. The number of aromatic nitrogens is 2. The predicted octanol–water partition coefficient (Wildman–Crippen LogP) is 0.944. The van der Waals surface area contributed by atoms with Crippen LogP contribution in [-0.2, 0) is 14.8 Å². The molecule has 1 aliphatic rings. The van der Waals surface area contributed by atoms with Gasteiger partial charge in [-0.1, -0.05) is 0 Å². The SMILES string of the molecule is CS(=O)(=O)N1CCC(C(=O)Nc2ccc3nccn3c2)CC1. The van der Waals surface area contributed by atoms with Crippen molar-refractivity contribution in [1.29, 1.82) is 0 Å². The molecule has 1 N–H and O–H groups in total. The maximum absolute atomic E-state index is 12.3. The van der Waals surface area contributed by atoms with Crippen molar-refractivity contribution >= 4 is 27.3 Å². The maximum Gasteiger partial charge on any atom is 0.227 e. The first kappa shape index (κ1) is 15.0. The summed E-state index contributed by atoms with van der Waals surface area (Å²) in [6.07, 6.45) is 7.62. The number of pyridine rings is 1. The Morgan fingerprint density at radius 3 is 2.73 bits per heavy atom. The van der Waals surface area contributed by atoms with E-state index in [9.17, 15) is 13.2 Å². The molecule has 0 radical (unpaired) electrons. The first-order valence-corrected chi connectivity index (χ1v) is 8.97. The molecule has 0 aromatic carbocycles. The van der Waals surface area contributed by atoms with E-state index in [4.69, 9.17) is 0 Å². The molecule has 8 heteroatoms. The lowest BCUT2D eigenvalue weighted by atomic mass is 9.97. The Labute approximate surface area is 129 Å². The molecule has 1 saturated heterocycles. The highest BCUT2D eigenvalue weighted by Gasteiger charge is 2.28. The summed E-state index contributed by atoms with van der Waals surface area (Å²) in [5.74, 6) is -0.218. The third-order valence-corrected chi connectivity index (χ3v) is 5.25. The van der Waals surface area contributed by atoms with E-state index in [0.29, 0.717) is 31.6 Å². The maximum atomic E-state index is 12.3. The Morgan fingerprint density at radius 1 is 1.32 bits per heavy atom. The molecular weight excluding hydrogens is 304 g/mol. The van der Waals surface area contributed by atoms with Crippen LogP contribution in [0.4, 0.5) is 5.69 Å². The minimum atomic E-state index is -3.16. The van der Waals surface area contributed by atoms with Crippen LogP contribution in [0.3, 0.4) is 0 Å². The van der Waals surface area contributed by atoms with Gasteiger partial charge in [0.05, 0.1) is 11.9 Å². The van der Waals surface area contributed by atoms with Gasteiger partial charge in [0.15, 0.2) is 0 Å². The number of amides is 1. The molecule has 22 heavy (non-hydrogen) atoms. The van der Waals surface area contributed by atoms with Gasteiger partial charge in [-0.15, -0.1) is 0 Å². The molecule has 0 aliphatic carbocycles. The summed E-state index contributed by atoms with van der Waals surface area (Å²) in [4.78, 5) is 16.4. The van der Waals surface area contributed by atoms with Crippen molar-refractivity contribution in [2.45, 2.75) is 12.8 Å².